The van der Waals surface area contributed by atoms with Crippen molar-refractivity contribution in [2.75, 3.05) is 25.6 Å². The van der Waals surface area contributed by atoms with Gasteiger partial charge >= 0.3 is 0 Å². The van der Waals surface area contributed by atoms with Gasteiger partial charge < -0.3 is 14.8 Å². The molecule has 132 valence electrons. The van der Waals surface area contributed by atoms with Gasteiger partial charge in [0.1, 0.15) is 17.9 Å². The lowest BCUT2D eigenvalue weighted by molar-refractivity contribution is 0.0787. The zero-order valence-corrected chi connectivity index (χ0v) is 14.8. The van der Waals surface area contributed by atoms with Gasteiger partial charge in [0, 0.05) is 24.9 Å². The Labute approximate surface area is 147 Å². The zero-order valence-electron chi connectivity index (χ0n) is 14.8. The van der Waals surface area contributed by atoms with Crippen LogP contribution in [0.3, 0.4) is 0 Å². The molecule has 2 aromatic heterocycles. The minimum atomic E-state index is 0.248. The van der Waals surface area contributed by atoms with Crippen LogP contribution in [0, 0.1) is 0 Å². The molecule has 0 amide bonds. The summed E-state index contributed by atoms with van der Waals surface area (Å²) in [5.74, 6) is 2.26. The van der Waals surface area contributed by atoms with Crippen LogP contribution in [0.25, 0.3) is 16.9 Å². The molecule has 0 aliphatic heterocycles. The fraction of sp³-hybridized carbons (Fsp3) is 0.389. The molecule has 25 heavy (non-hydrogen) atoms. The highest BCUT2D eigenvalue weighted by Crippen LogP contribution is 2.28. The Morgan fingerprint density at radius 1 is 1.16 bits per heavy atom. The summed E-state index contributed by atoms with van der Waals surface area (Å²) in [5.41, 5.74) is 2.00. The first kappa shape index (κ1) is 17.2. The molecule has 0 saturated carbocycles. The summed E-state index contributed by atoms with van der Waals surface area (Å²) in [4.78, 5) is 8.55. The van der Waals surface area contributed by atoms with Crippen molar-refractivity contribution in [2.24, 2.45) is 0 Å². The lowest BCUT2D eigenvalue weighted by atomic mass is 10.1. The third kappa shape index (κ3) is 4.06. The maximum Gasteiger partial charge on any atom is 0.254 e. The van der Waals surface area contributed by atoms with Crippen molar-refractivity contribution >= 4 is 11.6 Å². The third-order valence-corrected chi connectivity index (χ3v) is 3.77. The van der Waals surface area contributed by atoms with Crippen LogP contribution in [0.1, 0.15) is 20.3 Å². The highest BCUT2D eigenvalue weighted by molar-refractivity contribution is 5.76. The van der Waals surface area contributed by atoms with Crippen molar-refractivity contribution in [1.82, 2.24) is 19.6 Å². The number of nitrogens with one attached hydrogen (secondary N) is 1. The Bertz CT molecular complexity index is 814. The second-order valence-corrected chi connectivity index (χ2v) is 5.92. The SMILES string of the molecule is COc1ccc(-c2cnc3ncnn3c2NCCCOC(C)C)cc1. The maximum absolute atomic E-state index is 5.59. The van der Waals surface area contributed by atoms with Crippen LogP contribution in [-0.4, -0.2) is 45.9 Å². The molecule has 0 saturated heterocycles. The molecular formula is C18H23N5O2. The molecule has 0 spiro atoms. The van der Waals surface area contributed by atoms with Crippen molar-refractivity contribution in [3.05, 3.63) is 36.8 Å². The predicted octanol–water partition coefficient (Wildman–Crippen LogP) is 3.03. The molecule has 0 radical (unpaired) electrons. The number of hydrogen-bond acceptors (Lipinski definition) is 6. The van der Waals surface area contributed by atoms with Gasteiger partial charge in [-0.3, -0.25) is 0 Å². The molecule has 1 N–H and O–H groups in total. The number of rotatable bonds is 8. The standard InChI is InChI=1S/C18H23N5O2/c1-13(2)25-10-4-9-19-17-16(11-20-18-21-12-22-23(17)18)14-5-7-15(24-3)8-6-14/h5-8,11-13,19H,4,9-10H2,1-3H3. The van der Waals surface area contributed by atoms with Crippen molar-refractivity contribution in [3.8, 4) is 16.9 Å². The minimum Gasteiger partial charge on any atom is -0.497 e. The van der Waals surface area contributed by atoms with Crippen LogP contribution < -0.4 is 10.1 Å². The molecule has 2 heterocycles. The average molecular weight is 341 g/mol. The van der Waals surface area contributed by atoms with Crippen LogP contribution in [0.4, 0.5) is 5.82 Å². The zero-order chi connectivity index (χ0) is 17.6. The number of nitrogens with zero attached hydrogens (tertiary/aromatic N) is 4. The summed E-state index contributed by atoms with van der Waals surface area (Å²) in [6.07, 6.45) is 4.47. The largest absolute Gasteiger partial charge is 0.497 e. The van der Waals surface area contributed by atoms with Crippen LogP contribution in [0.2, 0.25) is 0 Å². The molecule has 0 atom stereocenters. The maximum atomic E-state index is 5.59. The quantitative estimate of drug-likeness (QED) is 0.635. The number of ether oxygens (including phenoxy) is 2. The fourth-order valence-electron chi connectivity index (χ4n) is 2.53. The summed E-state index contributed by atoms with van der Waals surface area (Å²) in [5, 5.41) is 7.74. The third-order valence-electron chi connectivity index (χ3n) is 3.77. The Hall–Kier alpha value is -2.67. The second kappa shape index (κ2) is 7.94. The van der Waals surface area contributed by atoms with E-state index in [0.29, 0.717) is 12.4 Å². The van der Waals surface area contributed by atoms with E-state index in [2.05, 4.69) is 20.4 Å². The second-order valence-electron chi connectivity index (χ2n) is 5.92. The summed E-state index contributed by atoms with van der Waals surface area (Å²) in [7, 11) is 1.66. The lowest BCUT2D eigenvalue weighted by Gasteiger charge is -2.14. The van der Waals surface area contributed by atoms with E-state index in [1.54, 1.807) is 11.6 Å². The Morgan fingerprint density at radius 2 is 1.96 bits per heavy atom. The molecule has 0 fully saturated rings. The molecule has 0 bridgehead atoms. The monoisotopic (exact) mass is 341 g/mol. The minimum absolute atomic E-state index is 0.248. The van der Waals surface area contributed by atoms with Gasteiger partial charge in [0.15, 0.2) is 0 Å². The van der Waals surface area contributed by atoms with Crippen molar-refractivity contribution in [3.63, 3.8) is 0 Å². The van der Waals surface area contributed by atoms with Crippen LogP contribution in [-0.2, 0) is 4.74 Å². The van der Waals surface area contributed by atoms with Crippen molar-refractivity contribution in [1.29, 1.82) is 0 Å². The molecule has 7 heteroatoms. The average Bonchev–Trinajstić information content (AvgIpc) is 3.10. The number of methoxy groups -OCH3 is 1. The molecule has 3 aromatic rings. The van der Waals surface area contributed by atoms with Gasteiger partial charge in [-0.1, -0.05) is 12.1 Å². The van der Waals surface area contributed by atoms with Gasteiger partial charge in [-0.25, -0.2) is 4.98 Å². The van der Waals surface area contributed by atoms with Crippen LogP contribution in [0.15, 0.2) is 36.8 Å². The summed E-state index contributed by atoms with van der Waals surface area (Å²) in [6, 6.07) is 7.87. The van der Waals surface area contributed by atoms with Gasteiger partial charge in [-0.05, 0) is 38.0 Å². The number of aromatic nitrogens is 4. The molecule has 7 nitrogen and oxygen atoms in total. The van der Waals surface area contributed by atoms with E-state index in [-0.39, 0.29) is 6.10 Å². The van der Waals surface area contributed by atoms with Crippen LogP contribution in [0.5, 0.6) is 5.75 Å². The molecule has 3 rings (SSSR count). The van der Waals surface area contributed by atoms with E-state index in [9.17, 15) is 0 Å². The first-order valence-corrected chi connectivity index (χ1v) is 8.37. The van der Waals surface area contributed by atoms with Gasteiger partial charge in [-0.15, -0.1) is 0 Å². The Morgan fingerprint density at radius 3 is 2.68 bits per heavy atom. The molecular weight excluding hydrogens is 318 g/mol. The predicted molar refractivity (Wildman–Crippen MR) is 97.0 cm³/mol. The smallest absolute Gasteiger partial charge is 0.254 e. The lowest BCUT2D eigenvalue weighted by Crippen LogP contribution is -2.12. The van der Waals surface area contributed by atoms with Gasteiger partial charge in [0.2, 0.25) is 0 Å². The van der Waals surface area contributed by atoms with Gasteiger partial charge in [0.25, 0.3) is 5.78 Å². The summed E-state index contributed by atoms with van der Waals surface area (Å²) in [6.45, 7) is 5.57. The van der Waals surface area contributed by atoms with Gasteiger partial charge in [-0.2, -0.15) is 14.6 Å². The van der Waals surface area contributed by atoms with E-state index >= 15 is 0 Å². The van der Waals surface area contributed by atoms with Crippen molar-refractivity contribution in [2.45, 2.75) is 26.4 Å². The van der Waals surface area contributed by atoms with E-state index in [1.165, 1.54) is 6.33 Å². The molecule has 1 aromatic carbocycles. The van der Waals surface area contributed by atoms with E-state index in [0.717, 1.165) is 35.7 Å². The number of anilines is 1. The Balaban J connectivity index is 1.84. The highest BCUT2D eigenvalue weighted by atomic mass is 16.5. The summed E-state index contributed by atoms with van der Waals surface area (Å²) < 4.78 is 12.5. The fourth-order valence-corrected chi connectivity index (χ4v) is 2.53. The number of fused-ring (bicyclic) bond motifs is 1. The summed E-state index contributed by atoms with van der Waals surface area (Å²) >= 11 is 0. The number of hydrogen-bond donors (Lipinski definition) is 1. The highest BCUT2D eigenvalue weighted by Gasteiger charge is 2.12. The van der Waals surface area contributed by atoms with Crippen LogP contribution >= 0.6 is 0 Å². The topological polar surface area (TPSA) is 73.6 Å². The first-order valence-electron chi connectivity index (χ1n) is 8.37. The van der Waals surface area contributed by atoms with Gasteiger partial charge in [0.05, 0.1) is 13.2 Å². The van der Waals surface area contributed by atoms with E-state index in [4.69, 9.17) is 9.47 Å². The van der Waals surface area contributed by atoms with Crippen molar-refractivity contribution < 1.29 is 9.47 Å². The first-order chi connectivity index (χ1) is 12.2. The molecule has 0 aliphatic rings. The molecule has 0 aliphatic carbocycles. The van der Waals surface area contributed by atoms with E-state index < -0.39 is 0 Å². The normalized spacial score (nSPS) is 11.2. The molecule has 0 unspecified atom stereocenters. The number of benzene rings is 1. The Kier molecular flexibility index (Phi) is 5.45. The van der Waals surface area contributed by atoms with E-state index in [1.807, 2.05) is 44.3 Å².